The topological polar surface area (TPSA) is 97.0 Å². The van der Waals surface area contributed by atoms with E-state index in [0.29, 0.717) is 10.7 Å². The molecule has 32 heavy (non-hydrogen) atoms. The molecule has 4 aromatic rings. The Bertz CT molecular complexity index is 1240. The quantitative estimate of drug-likeness (QED) is 0.339. The van der Waals surface area contributed by atoms with Crippen LogP contribution in [0.25, 0.3) is 22.6 Å². The van der Waals surface area contributed by atoms with Crippen molar-refractivity contribution in [1.29, 1.82) is 0 Å². The molecule has 0 saturated heterocycles. The number of aromatic amines is 1. The van der Waals surface area contributed by atoms with Crippen molar-refractivity contribution in [3.05, 3.63) is 75.3 Å². The van der Waals surface area contributed by atoms with Crippen molar-refractivity contribution in [3.63, 3.8) is 0 Å². The van der Waals surface area contributed by atoms with Gasteiger partial charge in [-0.15, -0.1) is 11.3 Å². The molecule has 0 atom stereocenters. The van der Waals surface area contributed by atoms with Crippen LogP contribution >= 0.6 is 27.3 Å². The molecule has 7 nitrogen and oxygen atoms in total. The number of thiazole rings is 1. The van der Waals surface area contributed by atoms with E-state index < -0.39 is 18.5 Å². The minimum absolute atomic E-state index is 0.355. The number of rotatable bonds is 6. The lowest BCUT2D eigenvalue weighted by molar-refractivity contribution is -0.119. The van der Waals surface area contributed by atoms with E-state index in [1.54, 1.807) is 24.3 Å². The highest BCUT2D eigenvalue weighted by atomic mass is 79.9. The molecule has 2 heterocycles. The van der Waals surface area contributed by atoms with E-state index in [9.17, 15) is 9.59 Å². The summed E-state index contributed by atoms with van der Waals surface area (Å²) < 4.78 is 6.11. The third-order valence-corrected chi connectivity index (χ3v) is 6.03. The van der Waals surface area contributed by atoms with E-state index in [1.165, 1.54) is 11.3 Å². The third-order valence-electron chi connectivity index (χ3n) is 4.75. The summed E-state index contributed by atoms with van der Waals surface area (Å²) in [7, 11) is 0. The number of benzene rings is 2. The Hall–Kier alpha value is -3.30. The first kappa shape index (κ1) is 21.9. The van der Waals surface area contributed by atoms with Crippen LogP contribution in [-0.2, 0) is 9.53 Å². The van der Waals surface area contributed by atoms with Gasteiger partial charge < -0.3 is 9.72 Å². The highest BCUT2D eigenvalue weighted by Gasteiger charge is 2.13. The molecule has 2 aromatic carbocycles. The number of nitrogens with zero attached hydrogens (tertiary/aromatic N) is 2. The second-order valence-electron chi connectivity index (χ2n) is 7.04. The molecule has 0 aliphatic heterocycles. The number of H-pyrrole nitrogens is 1. The van der Waals surface area contributed by atoms with Gasteiger partial charge in [-0.3, -0.25) is 10.1 Å². The van der Waals surface area contributed by atoms with Crippen LogP contribution in [0.4, 0.5) is 5.13 Å². The maximum atomic E-state index is 12.3. The molecule has 162 valence electrons. The zero-order chi connectivity index (χ0) is 22.7. The van der Waals surface area contributed by atoms with Gasteiger partial charge >= 0.3 is 5.97 Å². The average Bonchev–Trinajstić information content (AvgIpc) is 3.39. The van der Waals surface area contributed by atoms with Crippen molar-refractivity contribution in [2.24, 2.45) is 0 Å². The van der Waals surface area contributed by atoms with E-state index in [-0.39, 0.29) is 0 Å². The van der Waals surface area contributed by atoms with Crippen LogP contribution in [-0.4, -0.2) is 33.4 Å². The molecule has 0 unspecified atom stereocenters. The minimum atomic E-state index is -0.576. The van der Waals surface area contributed by atoms with Crippen LogP contribution in [0.1, 0.15) is 21.7 Å². The number of esters is 1. The van der Waals surface area contributed by atoms with Crippen molar-refractivity contribution >= 4 is 44.3 Å². The number of ether oxygens (including phenoxy) is 1. The number of carbonyl (C=O) groups excluding carboxylic acids is 2. The van der Waals surface area contributed by atoms with E-state index in [0.717, 1.165) is 38.5 Å². The number of aromatic nitrogens is 3. The number of aryl methyl sites for hydroxylation is 2. The lowest BCUT2D eigenvalue weighted by Crippen LogP contribution is -2.20. The van der Waals surface area contributed by atoms with Crippen LogP contribution < -0.4 is 5.32 Å². The predicted molar refractivity (Wildman–Crippen MR) is 128 cm³/mol. The molecular formula is C23H19BrN4O3S. The first-order valence-electron chi connectivity index (χ1n) is 9.71. The molecule has 9 heteroatoms. The Balaban J connectivity index is 1.31. The van der Waals surface area contributed by atoms with Crippen LogP contribution in [0.15, 0.2) is 58.4 Å². The van der Waals surface area contributed by atoms with Crippen LogP contribution in [0, 0.1) is 13.8 Å². The Labute approximate surface area is 197 Å². The van der Waals surface area contributed by atoms with Gasteiger partial charge in [0.1, 0.15) is 5.82 Å². The van der Waals surface area contributed by atoms with Crippen LogP contribution in [0.2, 0.25) is 0 Å². The second kappa shape index (κ2) is 9.46. The van der Waals surface area contributed by atoms with Gasteiger partial charge in [0, 0.05) is 26.7 Å². The van der Waals surface area contributed by atoms with Gasteiger partial charge in [-0.2, -0.15) is 0 Å². The summed E-state index contributed by atoms with van der Waals surface area (Å²) in [6, 6.07) is 14.6. The van der Waals surface area contributed by atoms with E-state index in [2.05, 4.69) is 36.2 Å². The van der Waals surface area contributed by atoms with Crippen molar-refractivity contribution in [1.82, 2.24) is 15.0 Å². The predicted octanol–water partition coefficient (Wildman–Crippen LogP) is 5.38. The summed E-state index contributed by atoms with van der Waals surface area (Å²) in [6.07, 6.45) is 0. The van der Waals surface area contributed by atoms with Gasteiger partial charge in [-0.25, -0.2) is 14.8 Å². The summed E-state index contributed by atoms with van der Waals surface area (Å²) in [5, 5.41) is 4.96. The number of hydrogen-bond donors (Lipinski definition) is 2. The summed E-state index contributed by atoms with van der Waals surface area (Å²) in [5.74, 6) is -0.286. The molecule has 0 aliphatic rings. The van der Waals surface area contributed by atoms with E-state index >= 15 is 0 Å². The monoisotopic (exact) mass is 510 g/mol. The summed E-state index contributed by atoms with van der Waals surface area (Å²) in [5.41, 5.74) is 4.85. The van der Waals surface area contributed by atoms with E-state index in [4.69, 9.17) is 4.74 Å². The first-order valence-corrected chi connectivity index (χ1v) is 11.4. The zero-order valence-corrected chi connectivity index (χ0v) is 19.7. The van der Waals surface area contributed by atoms with E-state index in [1.807, 2.05) is 43.5 Å². The molecule has 1 amide bonds. The van der Waals surface area contributed by atoms with Gasteiger partial charge in [0.05, 0.1) is 17.0 Å². The lowest BCUT2D eigenvalue weighted by atomic mass is 10.1. The highest BCUT2D eigenvalue weighted by molar-refractivity contribution is 9.10. The van der Waals surface area contributed by atoms with Gasteiger partial charge in [-0.05, 0) is 38.1 Å². The normalized spacial score (nSPS) is 10.7. The Morgan fingerprint density at radius 3 is 2.38 bits per heavy atom. The standard InChI is InChI=1S/C23H19BrN4O3S/c1-13-14(2)26-21(25-13)16-3-5-17(6-4-16)22(30)31-11-20(29)28-23-27-19(12-32-23)15-7-9-18(24)10-8-15/h3-10,12H,11H2,1-2H3,(H,25,26)(H,27,28,29). The molecule has 0 bridgehead atoms. The van der Waals surface area contributed by atoms with Crippen LogP contribution in [0.3, 0.4) is 0 Å². The number of nitrogens with one attached hydrogen (secondary N) is 2. The molecule has 0 radical (unpaired) electrons. The van der Waals surface area contributed by atoms with Crippen molar-refractivity contribution < 1.29 is 14.3 Å². The Kier molecular flexibility index (Phi) is 6.48. The smallest absolute Gasteiger partial charge is 0.338 e. The van der Waals surface area contributed by atoms with Crippen LogP contribution in [0.5, 0.6) is 0 Å². The summed E-state index contributed by atoms with van der Waals surface area (Å²) >= 11 is 4.70. The van der Waals surface area contributed by atoms with Crippen molar-refractivity contribution in [2.75, 3.05) is 11.9 Å². The zero-order valence-electron chi connectivity index (χ0n) is 17.3. The molecule has 2 aromatic heterocycles. The highest BCUT2D eigenvalue weighted by Crippen LogP contribution is 2.26. The molecule has 0 fully saturated rings. The number of carbonyl (C=O) groups is 2. The number of halogens is 1. The average molecular weight is 511 g/mol. The molecule has 0 aliphatic carbocycles. The van der Waals surface area contributed by atoms with Gasteiger partial charge in [0.15, 0.2) is 11.7 Å². The number of hydrogen-bond acceptors (Lipinski definition) is 6. The fourth-order valence-corrected chi connectivity index (χ4v) is 3.90. The number of amides is 1. The summed E-state index contributed by atoms with van der Waals surface area (Å²) in [6.45, 7) is 3.49. The van der Waals surface area contributed by atoms with Gasteiger partial charge in [0.2, 0.25) is 0 Å². The molecule has 0 saturated carbocycles. The SMILES string of the molecule is Cc1nc(-c2ccc(C(=O)OCC(=O)Nc3nc(-c4ccc(Br)cc4)cs3)cc2)[nH]c1C. The van der Waals surface area contributed by atoms with Gasteiger partial charge in [-0.1, -0.05) is 40.2 Å². The van der Waals surface area contributed by atoms with Crippen molar-refractivity contribution in [2.45, 2.75) is 13.8 Å². The summed E-state index contributed by atoms with van der Waals surface area (Å²) in [4.78, 5) is 36.5. The Morgan fingerprint density at radius 1 is 1.03 bits per heavy atom. The number of anilines is 1. The van der Waals surface area contributed by atoms with Crippen molar-refractivity contribution in [3.8, 4) is 22.6 Å². The van der Waals surface area contributed by atoms with Gasteiger partial charge in [0.25, 0.3) is 5.91 Å². The minimum Gasteiger partial charge on any atom is -0.452 e. The lowest BCUT2D eigenvalue weighted by Gasteiger charge is -2.05. The second-order valence-corrected chi connectivity index (χ2v) is 8.82. The fraction of sp³-hybridized carbons (Fsp3) is 0.130. The molecule has 4 rings (SSSR count). The molecular weight excluding hydrogens is 492 g/mol. The maximum absolute atomic E-state index is 12.3. The maximum Gasteiger partial charge on any atom is 0.338 e. The molecule has 2 N–H and O–H groups in total. The fourth-order valence-electron chi connectivity index (χ4n) is 2.90. The first-order chi connectivity index (χ1) is 15.4. The molecule has 0 spiro atoms. The third kappa shape index (κ3) is 5.12. The number of imidazole rings is 1. The Morgan fingerprint density at radius 2 is 1.72 bits per heavy atom. The largest absolute Gasteiger partial charge is 0.452 e.